The largest absolute Gasteiger partial charge is 0.495 e. The summed E-state index contributed by atoms with van der Waals surface area (Å²) in [7, 11) is 3.00. The van der Waals surface area contributed by atoms with Crippen LogP contribution in [-0.4, -0.2) is 26.3 Å². The normalized spacial score (nSPS) is 10.4. The number of ether oxygens (including phenoxy) is 2. The van der Waals surface area contributed by atoms with E-state index in [0.717, 1.165) is 11.1 Å². The summed E-state index contributed by atoms with van der Waals surface area (Å²) in [6.07, 6.45) is 0. The Morgan fingerprint density at radius 2 is 0.925 bits per heavy atom. The van der Waals surface area contributed by atoms with Gasteiger partial charge >= 0.3 is 12.1 Å². The predicted molar refractivity (Wildman–Crippen MR) is 163 cm³/mol. The van der Waals surface area contributed by atoms with Crippen molar-refractivity contribution < 1.29 is 19.1 Å². The summed E-state index contributed by atoms with van der Waals surface area (Å²) in [5.74, 6) is 0.868. The minimum atomic E-state index is -0.485. The van der Waals surface area contributed by atoms with Crippen LogP contribution < -0.4 is 30.7 Å². The molecule has 0 atom stereocenters. The molecule has 0 fully saturated rings. The van der Waals surface area contributed by atoms with Crippen molar-refractivity contribution in [3.8, 4) is 22.6 Å². The molecule has 0 aliphatic heterocycles. The lowest BCUT2D eigenvalue weighted by Crippen LogP contribution is -2.20. The molecule has 4 aromatic rings. The zero-order valence-corrected chi connectivity index (χ0v) is 24.1. The molecule has 206 valence electrons. The Balaban J connectivity index is 1.47. The van der Waals surface area contributed by atoms with E-state index in [2.05, 4.69) is 21.3 Å². The van der Waals surface area contributed by atoms with E-state index in [1.54, 1.807) is 60.7 Å². The second kappa shape index (κ2) is 13.0. The van der Waals surface area contributed by atoms with Crippen LogP contribution in [0.15, 0.2) is 72.8 Å². The van der Waals surface area contributed by atoms with Gasteiger partial charge in [0.25, 0.3) is 0 Å². The SMILES string of the molecule is COc1cc(-c2ccc(NC(=O)Nc3ccc(Cl)c(Cl)c3)c(OC)c2)ccc1NC(=O)Nc1ccc(Cl)c(Cl)c1. The number of carbonyl (C=O) groups excluding carboxylic acids is 2. The number of methoxy groups -OCH3 is 2. The molecule has 8 nitrogen and oxygen atoms in total. The summed E-state index contributed by atoms with van der Waals surface area (Å²) in [5.41, 5.74) is 3.44. The molecule has 0 bridgehead atoms. The summed E-state index contributed by atoms with van der Waals surface area (Å²) in [5, 5.41) is 12.3. The van der Waals surface area contributed by atoms with Crippen molar-refractivity contribution in [3.05, 3.63) is 92.9 Å². The van der Waals surface area contributed by atoms with Crippen LogP contribution in [0.5, 0.6) is 11.5 Å². The highest BCUT2D eigenvalue weighted by atomic mass is 35.5. The number of urea groups is 2. The molecule has 0 unspecified atom stereocenters. The minimum absolute atomic E-state index is 0.324. The fourth-order valence-electron chi connectivity index (χ4n) is 3.67. The first kappa shape index (κ1) is 29.2. The van der Waals surface area contributed by atoms with E-state index in [-0.39, 0.29) is 0 Å². The molecule has 4 amide bonds. The third-order valence-electron chi connectivity index (χ3n) is 5.59. The standard InChI is InChI=1S/C28H22Cl4N4O4/c1-39-25-11-15(3-9-23(25)35-27(37)33-17-5-7-19(29)21(31)13-17)16-4-10-24(26(12-16)40-2)36-28(38)34-18-6-8-20(30)22(32)14-18/h3-14H,1-2H3,(H2,33,35,37)(H2,34,36,38). The lowest BCUT2D eigenvalue weighted by atomic mass is 10.0. The lowest BCUT2D eigenvalue weighted by Gasteiger charge is -2.15. The molecule has 0 radical (unpaired) electrons. The van der Waals surface area contributed by atoms with Gasteiger partial charge in [-0.05, 0) is 71.8 Å². The highest BCUT2D eigenvalue weighted by Crippen LogP contribution is 2.35. The average molecular weight is 620 g/mol. The Labute approximate surface area is 250 Å². The van der Waals surface area contributed by atoms with Crippen molar-refractivity contribution >= 4 is 81.2 Å². The molecule has 0 heterocycles. The maximum atomic E-state index is 12.5. The molecular weight excluding hydrogens is 598 g/mol. The minimum Gasteiger partial charge on any atom is -0.495 e. The summed E-state index contributed by atoms with van der Waals surface area (Å²) < 4.78 is 11.0. The average Bonchev–Trinajstić information content (AvgIpc) is 2.93. The van der Waals surface area contributed by atoms with Crippen LogP contribution in [0.25, 0.3) is 11.1 Å². The predicted octanol–water partition coefficient (Wildman–Crippen LogP) is 9.27. The van der Waals surface area contributed by atoms with E-state index >= 15 is 0 Å². The van der Waals surface area contributed by atoms with Crippen molar-refractivity contribution in [3.63, 3.8) is 0 Å². The summed E-state index contributed by atoms with van der Waals surface area (Å²) in [6, 6.07) is 19.2. The molecule has 0 spiro atoms. The smallest absolute Gasteiger partial charge is 0.323 e. The van der Waals surface area contributed by atoms with Gasteiger partial charge in [0.2, 0.25) is 0 Å². The van der Waals surface area contributed by atoms with Gasteiger partial charge in [-0.1, -0.05) is 58.5 Å². The zero-order valence-electron chi connectivity index (χ0n) is 21.1. The van der Waals surface area contributed by atoms with Crippen LogP contribution in [0, 0.1) is 0 Å². The number of halogens is 4. The number of anilines is 4. The number of benzene rings is 4. The Bertz CT molecular complexity index is 1470. The van der Waals surface area contributed by atoms with Gasteiger partial charge in [0.05, 0.1) is 45.7 Å². The first-order chi connectivity index (χ1) is 19.2. The van der Waals surface area contributed by atoms with Crippen molar-refractivity contribution in [2.24, 2.45) is 0 Å². The van der Waals surface area contributed by atoms with E-state index in [4.69, 9.17) is 55.9 Å². The van der Waals surface area contributed by atoms with Crippen LogP contribution in [-0.2, 0) is 0 Å². The molecule has 0 aromatic heterocycles. The molecule has 4 rings (SSSR count). The van der Waals surface area contributed by atoms with Crippen LogP contribution in [0.2, 0.25) is 20.1 Å². The molecule has 4 aromatic carbocycles. The number of rotatable bonds is 7. The van der Waals surface area contributed by atoms with Gasteiger partial charge in [0.1, 0.15) is 11.5 Å². The number of amides is 4. The number of nitrogens with one attached hydrogen (secondary N) is 4. The molecule has 0 aliphatic carbocycles. The van der Waals surface area contributed by atoms with E-state index in [0.29, 0.717) is 54.3 Å². The Kier molecular flexibility index (Phi) is 9.50. The van der Waals surface area contributed by atoms with Crippen LogP contribution in [0.4, 0.5) is 32.3 Å². The van der Waals surface area contributed by atoms with Crippen LogP contribution in [0.1, 0.15) is 0 Å². The van der Waals surface area contributed by atoms with Gasteiger partial charge in [-0.25, -0.2) is 9.59 Å². The van der Waals surface area contributed by atoms with Gasteiger partial charge in [0, 0.05) is 11.4 Å². The first-order valence-corrected chi connectivity index (χ1v) is 13.1. The fraction of sp³-hybridized carbons (Fsp3) is 0.0714. The lowest BCUT2D eigenvalue weighted by molar-refractivity contribution is 0.261. The number of hydrogen-bond donors (Lipinski definition) is 4. The topological polar surface area (TPSA) is 101 Å². The highest BCUT2D eigenvalue weighted by Gasteiger charge is 2.14. The molecule has 0 saturated carbocycles. The van der Waals surface area contributed by atoms with Crippen molar-refractivity contribution in [2.75, 3.05) is 35.5 Å². The van der Waals surface area contributed by atoms with Gasteiger partial charge in [-0.15, -0.1) is 0 Å². The second-order valence-electron chi connectivity index (χ2n) is 8.25. The zero-order chi connectivity index (χ0) is 28.8. The number of carbonyl (C=O) groups is 2. The summed E-state index contributed by atoms with van der Waals surface area (Å²) in [4.78, 5) is 25.1. The van der Waals surface area contributed by atoms with Crippen molar-refractivity contribution in [2.45, 2.75) is 0 Å². The second-order valence-corrected chi connectivity index (χ2v) is 9.87. The van der Waals surface area contributed by atoms with E-state index in [1.165, 1.54) is 14.2 Å². The highest BCUT2D eigenvalue weighted by molar-refractivity contribution is 6.42. The van der Waals surface area contributed by atoms with Gasteiger partial charge in [0.15, 0.2) is 0 Å². The van der Waals surface area contributed by atoms with Gasteiger partial charge in [-0.2, -0.15) is 0 Å². The van der Waals surface area contributed by atoms with E-state index in [1.807, 2.05) is 12.1 Å². The van der Waals surface area contributed by atoms with Crippen molar-refractivity contribution in [1.82, 2.24) is 0 Å². The molecule has 12 heteroatoms. The number of hydrogen-bond acceptors (Lipinski definition) is 4. The summed E-state index contributed by atoms with van der Waals surface area (Å²) in [6.45, 7) is 0. The Morgan fingerprint density at radius 1 is 0.525 bits per heavy atom. The Morgan fingerprint density at radius 3 is 1.27 bits per heavy atom. The van der Waals surface area contributed by atoms with Gasteiger partial charge < -0.3 is 30.7 Å². The first-order valence-electron chi connectivity index (χ1n) is 11.6. The molecular formula is C28H22Cl4N4O4. The summed E-state index contributed by atoms with van der Waals surface area (Å²) >= 11 is 23.9. The third kappa shape index (κ3) is 7.22. The van der Waals surface area contributed by atoms with Crippen molar-refractivity contribution in [1.29, 1.82) is 0 Å². The van der Waals surface area contributed by atoms with E-state index < -0.39 is 12.1 Å². The maximum absolute atomic E-state index is 12.5. The molecule has 0 aliphatic rings. The van der Waals surface area contributed by atoms with E-state index in [9.17, 15) is 9.59 Å². The van der Waals surface area contributed by atoms with Crippen LogP contribution >= 0.6 is 46.4 Å². The third-order valence-corrected chi connectivity index (χ3v) is 7.07. The Hall–Kier alpha value is -3.82. The molecule has 4 N–H and O–H groups in total. The van der Waals surface area contributed by atoms with Gasteiger partial charge in [-0.3, -0.25) is 0 Å². The van der Waals surface area contributed by atoms with Crippen LogP contribution in [0.3, 0.4) is 0 Å². The fourth-order valence-corrected chi connectivity index (χ4v) is 4.26. The maximum Gasteiger partial charge on any atom is 0.323 e. The quantitative estimate of drug-likeness (QED) is 0.166. The molecule has 0 saturated heterocycles. The molecule has 40 heavy (non-hydrogen) atoms. The monoisotopic (exact) mass is 618 g/mol.